The van der Waals surface area contributed by atoms with Gasteiger partial charge in [0.15, 0.2) is 0 Å². The normalized spacial score (nSPS) is 38.6. The minimum Gasteiger partial charge on any atom is -0.330 e. The van der Waals surface area contributed by atoms with Gasteiger partial charge in [0, 0.05) is 0 Å². The van der Waals surface area contributed by atoms with Crippen LogP contribution in [-0.4, -0.2) is 6.54 Å². The molecule has 42 valence electrons. The van der Waals surface area contributed by atoms with Gasteiger partial charge in [-0.3, -0.25) is 0 Å². The predicted molar refractivity (Wildman–Crippen MR) is 30.9 cm³/mol. The molecule has 1 aliphatic carbocycles. The summed E-state index contributed by atoms with van der Waals surface area (Å²) in [5.74, 6) is 1.98. The maximum Gasteiger partial charge on any atom is -0.00745 e. The van der Waals surface area contributed by atoms with E-state index in [1.54, 1.807) is 0 Å². The van der Waals surface area contributed by atoms with E-state index in [4.69, 9.17) is 5.73 Å². The molecule has 1 unspecified atom stereocenters. The van der Waals surface area contributed by atoms with Gasteiger partial charge in [-0.2, -0.15) is 0 Å². The van der Waals surface area contributed by atoms with E-state index in [9.17, 15) is 0 Å². The Morgan fingerprint density at radius 2 is 2.29 bits per heavy atom. The fourth-order valence-electron chi connectivity index (χ4n) is 1.02. The first kappa shape index (κ1) is 5.10. The van der Waals surface area contributed by atoms with Crippen molar-refractivity contribution in [3.05, 3.63) is 0 Å². The standard InChI is InChI=1S/C6H13N/c1-5-4-6(5)2-3-7/h5-6H,2-4,7H2,1H3/t5?,6-/m1/s1. The van der Waals surface area contributed by atoms with Crippen LogP contribution < -0.4 is 5.73 Å². The molecule has 1 fully saturated rings. The van der Waals surface area contributed by atoms with Crippen LogP contribution >= 0.6 is 0 Å². The summed E-state index contributed by atoms with van der Waals surface area (Å²) < 4.78 is 0. The topological polar surface area (TPSA) is 26.0 Å². The van der Waals surface area contributed by atoms with Crippen LogP contribution in [0.1, 0.15) is 19.8 Å². The molecule has 1 aliphatic rings. The summed E-state index contributed by atoms with van der Waals surface area (Å²) in [7, 11) is 0. The average Bonchev–Trinajstić information content (AvgIpc) is 2.22. The van der Waals surface area contributed by atoms with Gasteiger partial charge in [-0.15, -0.1) is 0 Å². The minimum atomic E-state index is 0.884. The van der Waals surface area contributed by atoms with Crippen molar-refractivity contribution in [1.82, 2.24) is 0 Å². The third-order valence-electron chi connectivity index (χ3n) is 1.81. The van der Waals surface area contributed by atoms with Crippen LogP contribution in [0.2, 0.25) is 0 Å². The van der Waals surface area contributed by atoms with E-state index < -0.39 is 0 Å². The van der Waals surface area contributed by atoms with Gasteiger partial charge in [0.1, 0.15) is 0 Å². The second-order valence-corrected chi connectivity index (χ2v) is 2.55. The quantitative estimate of drug-likeness (QED) is 0.549. The summed E-state index contributed by atoms with van der Waals surface area (Å²) in [5, 5.41) is 0. The predicted octanol–water partition coefficient (Wildman–Crippen LogP) is 0.991. The number of hydrogen-bond donors (Lipinski definition) is 1. The SMILES string of the molecule is CC1C[C@H]1CCN. The van der Waals surface area contributed by atoms with Crippen molar-refractivity contribution in [2.75, 3.05) is 6.54 Å². The molecule has 0 aromatic rings. The first-order valence-electron chi connectivity index (χ1n) is 3.04. The molecular formula is C6H13N. The van der Waals surface area contributed by atoms with Gasteiger partial charge in [0.25, 0.3) is 0 Å². The first-order valence-corrected chi connectivity index (χ1v) is 3.04. The molecule has 0 saturated heterocycles. The fourth-order valence-corrected chi connectivity index (χ4v) is 1.02. The molecule has 0 radical (unpaired) electrons. The highest BCUT2D eigenvalue weighted by Crippen LogP contribution is 2.39. The number of rotatable bonds is 2. The Hall–Kier alpha value is -0.0400. The average molecular weight is 99.2 g/mol. The highest BCUT2D eigenvalue weighted by atomic mass is 14.5. The van der Waals surface area contributed by atoms with Gasteiger partial charge in [0.2, 0.25) is 0 Å². The summed E-state index contributed by atoms with van der Waals surface area (Å²) in [6.45, 7) is 3.18. The Morgan fingerprint density at radius 3 is 2.43 bits per heavy atom. The van der Waals surface area contributed by atoms with Gasteiger partial charge < -0.3 is 5.73 Å². The number of nitrogens with two attached hydrogens (primary N) is 1. The summed E-state index contributed by atoms with van der Waals surface area (Å²) in [5.41, 5.74) is 5.33. The number of hydrogen-bond acceptors (Lipinski definition) is 1. The lowest BCUT2D eigenvalue weighted by Crippen LogP contribution is -1.99. The van der Waals surface area contributed by atoms with Gasteiger partial charge in [-0.1, -0.05) is 6.92 Å². The molecule has 1 nitrogen and oxygen atoms in total. The van der Waals surface area contributed by atoms with Crippen LogP contribution in [0.5, 0.6) is 0 Å². The largest absolute Gasteiger partial charge is 0.330 e. The van der Waals surface area contributed by atoms with Crippen molar-refractivity contribution >= 4 is 0 Å². The maximum absolute atomic E-state index is 5.33. The molecule has 0 amide bonds. The van der Waals surface area contributed by atoms with Crippen molar-refractivity contribution in [2.45, 2.75) is 19.8 Å². The molecule has 1 heteroatoms. The summed E-state index contributed by atoms with van der Waals surface area (Å²) in [6, 6.07) is 0. The monoisotopic (exact) mass is 99.1 g/mol. The summed E-state index contributed by atoms with van der Waals surface area (Å²) >= 11 is 0. The molecule has 0 aromatic carbocycles. The van der Waals surface area contributed by atoms with E-state index in [0.717, 1.165) is 18.4 Å². The van der Waals surface area contributed by atoms with E-state index in [2.05, 4.69) is 6.92 Å². The lowest BCUT2D eigenvalue weighted by molar-refractivity contribution is 0.683. The van der Waals surface area contributed by atoms with Crippen molar-refractivity contribution in [2.24, 2.45) is 17.6 Å². The van der Waals surface area contributed by atoms with E-state index in [-0.39, 0.29) is 0 Å². The van der Waals surface area contributed by atoms with Crippen LogP contribution in [0.25, 0.3) is 0 Å². The van der Waals surface area contributed by atoms with Gasteiger partial charge in [-0.05, 0) is 31.2 Å². The molecule has 0 spiro atoms. The maximum atomic E-state index is 5.33. The second kappa shape index (κ2) is 1.83. The molecule has 0 aromatic heterocycles. The molecule has 7 heavy (non-hydrogen) atoms. The molecule has 0 bridgehead atoms. The molecule has 0 aliphatic heterocycles. The lowest BCUT2D eigenvalue weighted by Gasteiger charge is -1.87. The highest BCUT2D eigenvalue weighted by Gasteiger charge is 2.30. The third-order valence-corrected chi connectivity index (χ3v) is 1.81. The van der Waals surface area contributed by atoms with Crippen molar-refractivity contribution in [3.63, 3.8) is 0 Å². The minimum absolute atomic E-state index is 0.884. The Morgan fingerprint density at radius 1 is 1.71 bits per heavy atom. The Bertz CT molecular complexity index is 61.2. The van der Waals surface area contributed by atoms with Crippen LogP contribution in [0.4, 0.5) is 0 Å². The van der Waals surface area contributed by atoms with Gasteiger partial charge in [-0.25, -0.2) is 0 Å². The second-order valence-electron chi connectivity index (χ2n) is 2.55. The molecule has 1 saturated carbocycles. The van der Waals surface area contributed by atoms with E-state index in [0.29, 0.717) is 0 Å². The smallest absolute Gasteiger partial charge is 0.00745 e. The zero-order valence-corrected chi connectivity index (χ0v) is 4.85. The Labute approximate surface area is 44.9 Å². The van der Waals surface area contributed by atoms with Crippen LogP contribution in [-0.2, 0) is 0 Å². The van der Waals surface area contributed by atoms with E-state index in [1.165, 1.54) is 12.8 Å². The van der Waals surface area contributed by atoms with Crippen molar-refractivity contribution in [3.8, 4) is 0 Å². The highest BCUT2D eigenvalue weighted by molar-refractivity contribution is 4.81. The van der Waals surface area contributed by atoms with Crippen molar-refractivity contribution < 1.29 is 0 Å². The molecule has 2 atom stereocenters. The van der Waals surface area contributed by atoms with Crippen molar-refractivity contribution in [1.29, 1.82) is 0 Å². The van der Waals surface area contributed by atoms with Gasteiger partial charge in [0.05, 0.1) is 0 Å². The summed E-state index contributed by atoms with van der Waals surface area (Å²) in [4.78, 5) is 0. The Balaban J connectivity index is 1.98. The molecule has 2 N–H and O–H groups in total. The van der Waals surface area contributed by atoms with Crippen LogP contribution in [0.15, 0.2) is 0 Å². The molecular weight excluding hydrogens is 86.1 g/mol. The van der Waals surface area contributed by atoms with E-state index >= 15 is 0 Å². The molecule has 1 rings (SSSR count). The Kier molecular flexibility index (Phi) is 1.33. The fraction of sp³-hybridized carbons (Fsp3) is 1.00. The lowest BCUT2D eigenvalue weighted by atomic mass is 10.2. The van der Waals surface area contributed by atoms with Crippen LogP contribution in [0.3, 0.4) is 0 Å². The third kappa shape index (κ3) is 1.16. The molecule has 0 heterocycles. The first-order chi connectivity index (χ1) is 3.34. The van der Waals surface area contributed by atoms with E-state index in [1.807, 2.05) is 0 Å². The summed E-state index contributed by atoms with van der Waals surface area (Å²) in [6.07, 6.45) is 2.68. The zero-order valence-electron chi connectivity index (χ0n) is 4.85. The van der Waals surface area contributed by atoms with Gasteiger partial charge >= 0.3 is 0 Å². The zero-order chi connectivity index (χ0) is 5.28. The van der Waals surface area contributed by atoms with Crippen LogP contribution in [0, 0.1) is 11.8 Å².